The van der Waals surface area contributed by atoms with E-state index in [0.717, 1.165) is 10.4 Å². The number of rotatable bonds is 1. The molecule has 4 nitrogen and oxygen atoms in total. The topological polar surface area (TPSA) is 75.4 Å². The molecule has 0 unspecified atom stereocenters. The monoisotopic (exact) mass is 254 g/mol. The number of thiophene rings is 1. The number of carbonyl (C=O) groups is 1. The molecule has 2 rings (SSSR count). The zero-order valence-electron chi connectivity index (χ0n) is 10.5. The molecular weight excluding hydrogens is 236 g/mol. The van der Waals surface area contributed by atoms with E-state index in [0.29, 0.717) is 17.0 Å². The Morgan fingerprint density at radius 3 is 2.53 bits per heavy atom. The van der Waals surface area contributed by atoms with Crippen LogP contribution in [0.3, 0.4) is 0 Å². The standard InChI is InChI=1S/C12H18N2O2S/c1-11(2)5-6-7(10(15)16)9(13)17-8(6)12(3,4)14-11/h14H,5,13H2,1-4H3,(H,15,16). The lowest BCUT2D eigenvalue weighted by molar-refractivity contribution is 0.0696. The molecule has 17 heavy (non-hydrogen) atoms. The third-order valence-electron chi connectivity index (χ3n) is 3.09. The van der Waals surface area contributed by atoms with Crippen LogP contribution < -0.4 is 11.1 Å². The molecule has 1 aliphatic heterocycles. The normalized spacial score (nSPS) is 20.9. The lowest BCUT2D eigenvalue weighted by atomic mass is 9.81. The van der Waals surface area contributed by atoms with Crippen molar-refractivity contribution in [1.82, 2.24) is 5.32 Å². The molecule has 5 heteroatoms. The smallest absolute Gasteiger partial charge is 0.338 e. The first kappa shape index (κ1) is 12.4. The molecule has 0 atom stereocenters. The second kappa shape index (κ2) is 3.46. The number of carboxylic acids is 1. The van der Waals surface area contributed by atoms with E-state index in [1.165, 1.54) is 11.3 Å². The molecule has 0 radical (unpaired) electrons. The van der Waals surface area contributed by atoms with E-state index >= 15 is 0 Å². The number of fused-ring (bicyclic) bond motifs is 1. The van der Waals surface area contributed by atoms with Crippen LogP contribution in [0.5, 0.6) is 0 Å². The van der Waals surface area contributed by atoms with Gasteiger partial charge in [-0.1, -0.05) is 0 Å². The maximum Gasteiger partial charge on any atom is 0.338 e. The second-order valence-electron chi connectivity index (χ2n) is 5.76. The maximum absolute atomic E-state index is 11.3. The highest BCUT2D eigenvalue weighted by atomic mass is 32.1. The van der Waals surface area contributed by atoms with Gasteiger partial charge < -0.3 is 16.2 Å². The molecule has 0 saturated heterocycles. The summed E-state index contributed by atoms with van der Waals surface area (Å²) < 4.78 is 0. The van der Waals surface area contributed by atoms with Crippen LogP contribution in [-0.2, 0) is 12.0 Å². The SMILES string of the molecule is CC1(C)Cc2c(sc(N)c2C(=O)O)C(C)(C)N1. The van der Waals surface area contributed by atoms with Crippen molar-refractivity contribution in [3.05, 3.63) is 16.0 Å². The largest absolute Gasteiger partial charge is 0.478 e. The fourth-order valence-corrected chi connectivity index (χ4v) is 3.92. The van der Waals surface area contributed by atoms with Crippen molar-refractivity contribution in [2.24, 2.45) is 0 Å². The number of anilines is 1. The zero-order chi connectivity index (χ0) is 13.0. The molecule has 1 aromatic heterocycles. The van der Waals surface area contributed by atoms with Gasteiger partial charge in [-0.05, 0) is 39.7 Å². The fraction of sp³-hybridized carbons (Fsp3) is 0.583. The van der Waals surface area contributed by atoms with Crippen LogP contribution in [0, 0.1) is 0 Å². The Balaban J connectivity index is 2.67. The molecule has 94 valence electrons. The average Bonchev–Trinajstić information content (AvgIpc) is 2.38. The molecule has 0 aromatic carbocycles. The van der Waals surface area contributed by atoms with Gasteiger partial charge in [0.05, 0.1) is 5.56 Å². The Morgan fingerprint density at radius 1 is 1.41 bits per heavy atom. The van der Waals surface area contributed by atoms with Gasteiger partial charge in [-0.15, -0.1) is 11.3 Å². The minimum Gasteiger partial charge on any atom is -0.478 e. The first-order valence-corrected chi connectivity index (χ1v) is 6.40. The Labute approximate surface area is 105 Å². The summed E-state index contributed by atoms with van der Waals surface area (Å²) >= 11 is 1.39. The molecule has 1 aliphatic rings. The van der Waals surface area contributed by atoms with Crippen molar-refractivity contribution >= 4 is 22.3 Å². The summed E-state index contributed by atoms with van der Waals surface area (Å²) in [7, 11) is 0. The third-order valence-corrected chi connectivity index (χ3v) is 4.47. The van der Waals surface area contributed by atoms with Gasteiger partial charge in [-0.3, -0.25) is 0 Å². The van der Waals surface area contributed by atoms with Crippen LogP contribution >= 0.6 is 11.3 Å². The quantitative estimate of drug-likeness (QED) is 0.718. The van der Waals surface area contributed by atoms with Gasteiger partial charge in [0.25, 0.3) is 0 Å². The van der Waals surface area contributed by atoms with Crippen LogP contribution in [0.25, 0.3) is 0 Å². The zero-order valence-corrected chi connectivity index (χ0v) is 11.4. The predicted octanol–water partition coefficient (Wildman–Crippen LogP) is 2.19. The number of nitrogen functional groups attached to an aromatic ring is 1. The van der Waals surface area contributed by atoms with E-state index < -0.39 is 5.97 Å². The lowest BCUT2D eigenvalue weighted by Gasteiger charge is -2.42. The fourth-order valence-electron chi connectivity index (χ4n) is 2.78. The van der Waals surface area contributed by atoms with E-state index in [-0.39, 0.29) is 11.1 Å². The second-order valence-corrected chi connectivity index (χ2v) is 6.82. The van der Waals surface area contributed by atoms with Crippen molar-refractivity contribution < 1.29 is 9.90 Å². The van der Waals surface area contributed by atoms with Gasteiger partial charge >= 0.3 is 5.97 Å². The molecule has 0 aliphatic carbocycles. The lowest BCUT2D eigenvalue weighted by Crippen LogP contribution is -2.55. The number of hydrogen-bond donors (Lipinski definition) is 3. The van der Waals surface area contributed by atoms with Crippen molar-refractivity contribution in [1.29, 1.82) is 0 Å². The van der Waals surface area contributed by atoms with Crippen LogP contribution in [0.15, 0.2) is 0 Å². The molecular formula is C12H18N2O2S. The summed E-state index contributed by atoms with van der Waals surface area (Å²) in [6.45, 7) is 8.29. The van der Waals surface area contributed by atoms with Crippen LogP contribution in [0.4, 0.5) is 5.00 Å². The highest BCUT2D eigenvalue weighted by Gasteiger charge is 2.41. The number of aromatic carboxylic acids is 1. The van der Waals surface area contributed by atoms with Crippen LogP contribution in [0.2, 0.25) is 0 Å². The number of nitrogens with one attached hydrogen (secondary N) is 1. The van der Waals surface area contributed by atoms with Gasteiger partial charge in [0, 0.05) is 16.0 Å². The summed E-state index contributed by atoms with van der Waals surface area (Å²) in [4.78, 5) is 12.3. The molecule has 0 fully saturated rings. The first-order valence-electron chi connectivity index (χ1n) is 5.58. The van der Waals surface area contributed by atoms with Gasteiger partial charge in [-0.25, -0.2) is 4.79 Å². The summed E-state index contributed by atoms with van der Waals surface area (Å²) in [5.41, 5.74) is 6.69. The molecule has 4 N–H and O–H groups in total. The van der Waals surface area contributed by atoms with Gasteiger partial charge in [0.1, 0.15) is 5.00 Å². The van der Waals surface area contributed by atoms with Crippen molar-refractivity contribution in [2.75, 3.05) is 5.73 Å². The van der Waals surface area contributed by atoms with Crippen molar-refractivity contribution in [3.63, 3.8) is 0 Å². The number of hydrogen-bond acceptors (Lipinski definition) is 4. The van der Waals surface area contributed by atoms with Crippen molar-refractivity contribution in [2.45, 2.75) is 45.2 Å². The molecule has 0 amide bonds. The summed E-state index contributed by atoms with van der Waals surface area (Å²) in [6.07, 6.45) is 0.696. The summed E-state index contributed by atoms with van der Waals surface area (Å²) in [6, 6.07) is 0. The minimum absolute atomic E-state index is 0.117. The molecule has 1 aromatic rings. The molecule has 2 heterocycles. The third kappa shape index (κ3) is 1.93. The number of nitrogens with two attached hydrogens (primary N) is 1. The van der Waals surface area contributed by atoms with E-state index in [1.807, 2.05) is 0 Å². The predicted molar refractivity (Wildman–Crippen MR) is 69.6 cm³/mol. The van der Waals surface area contributed by atoms with E-state index in [9.17, 15) is 9.90 Å². The van der Waals surface area contributed by atoms with Crippen molar-refractivity contribution in [3.8, 4) is 0 Å². The van der Waals surface area contributed by atoms with E-state index in [1.54, 1.807) is 0 Å². The van der Waals surface area contributed by atoms with Crippen LogP contribution in [0.1, 0.15) is 48.5 Å². The molecule has 0 saturated carbocycles. The van der Waals surface area contributed by atoms with Gasteiger partial charge in [0.2, 0.25) is 0 Å². The first-order chi connectivity index (χ1) is 7.64. The van der Waals surface area contributed by atoms with Gasteiger partial charge in [-0.2, -0.15) is 0 Å². The Morgan fingerprint density at radius 2 is 2.00 bits per heavy atom. The highest BCUT2D eigenvalue weighted by molar-refractivity contribution is 7.16. The van der Waals surface area contributed by atoms with Crippen LogP contribution in [-0.4, -0.2) is 16.6 Å². The van der Waals surface area contributed by atoms with E-state index in [2.05, 4.69) is 33.0 Å². The summed E-state index contributed by atoms with van der Waals surface area (Å²) in [5, 5.41) is 13.2. The summed E-state index contributed by atoms with van der Waals surface area (Å²) in [5.74, 6) is -0.923. The Bertz CT molecular complexity index is 489. The van der Waals surface area contributed by atoms with E-state index in [4.69, 9.17) is 5.73 Å². The number of carboxylic acid groups (broad SMARTS) is 1. The highest BCUT2D eigenvalue weighted by Crippen LogP contribution is 2.43. The molecule has 0 spiro atoms. The maximum atomic E-state index is 11.3. The Hall–Kier alpha value is -1.07. The average molecular weight is 254 g/mol. The molecule has 0 bridgehead atoms. The minimum atomic E-state index is -0.923. The van der Waals surface area contributed by atoms with Gasteiger partial charge in [0.15, 0.2) is 0 Å². The Kier molecular flexibility index (Phi) is 2.52.